The second kappa shape index (κ2) is 27.8. The predicted molar refractivity (Wildman–Crippen MR) is 145 cm³/mol. The first-order valence-electron chi connectivity index (χ1n) is 12.8. The molecule has 202 valence electrons. The molecule has 0 fully saturated rings. The summed E-state index contributed by atoms with van der Waals surface area (Å²) in [5.41, 5.74) is 21.9. The molecule has 4 atom stereocenters. The molecule has 11 heteroatoms. The molecule has 0 spiro atoms. The van der Waals surface area contributed by atoms with Crippen molar-refractivity contribution in [3.05, 3.63) is 0 Å². The van der Waals surface area contributed by atoms with Crippen LogP contribution in [-0.4, -0.2) is 116 Å². The third kappa shape index (κ3) is 31.6. The fourth-order valence-electron chi connectivity index (χ4n) is 2.61. The third-order valence-electron chi connectivity index (χ3n) is 4.76. The number of rotatable bonds is 23. The molecule has 11 nitrogen and oxygen atoms in total. The molecule has 15 N–H and O–H groups in total. The number of nitrogens with one attached hydrogen (secondary N) is 7. The molecule has 0 radical (unpaired) electrons. The Morgan fingerprint density at radius 3 is 1.15 bits per heavy atom. The molecule has 0 amide bonds. The minimum atomic E-state index is 0.210. The highest BCUT2D eigenvalue weighted by Gasteiger charge is 2.07. The molecular weight excluding hydrogens is 418 g/mol. The Bertz CT molecular complexity index is 347. The lowest BCUT2D eigenvalue weighted by atomic mass is 10.2. The Balaban J connectivity index is 0. The Morgan fingerprint density at radius 1 is 0.485 bits per heavy atom. The molecule has 0 heterocycles. The molecule has 0 bridgehead atoms. The van der Waals surface area contributed by atoms with Crippen molar-refractivity contribution in [1.29, 1.82) is 0 Å². The second-order valence-corrected chi connectivity index (χ2v) is 8.72. The van der Waals surface area contributed by atoms with Gasteiger partial charge >= 0.3 is 0 Å². The first-order valence-corrected chi connectivity index (χ1v) is 12.8. The zero-order valence-corrected chi connectivity index (χ0v) is 22.0. The van der Waals surface area contributed by atoms with E-state index in [0.29, 0.717) is 37.8 Å². The fraction of sp³-hybridized carbons (Fsp3) is 1.00. The van der Waals surface area contributed by atoms with E-state index < -0.39 is 0 Å². The van der Waals surface area contributed by atoms with E-state index >= 15 is 0 Å². The quantitative estimate of drug-likeness (QED) is 0.0655. The van der Waals surface area contributed by atoms with Crippen LogP contribution in [0.2, 0.25) is 0 Å². The molecule has 0 aromatic rings. The van der Waals surface area contributed by atoms with Crippen molar-refractivity contribution >= 4 is 0 Å². The number of hydrogen-bond acceptors (Lipinski definition) is 11. The van der Waals surface area contributed by atoms with Gasteiger partial charge in [-0.3, -0.25) is 0 Å². The average Bonchev–Trinajstić information content (AvgIpc) is 2.80. The summed E-state index contributed by atoms with van der Waals surface area (Å²) >= 11 is 0. The van der Waals surface area contributed by atoms with E-state index in [1.54, 1.807) is 0 Å². The van der Waals surface area contributed by atoms with E-state index in [1.807, 2.05) is 6.92 Å². The summed E-state index contributed by atoms with van der Waals surface area (Å²) in [5, 5.41) is 23.4. The highest BCUT2D eigenvalue weighted by molar-refractivity contribution is 4.73. The van der Waals surface area contributed by atoms with E-state index in [2.05, 4.69) is 58.0 Å². The van der Waals surface area contributed by atoms with Crippen molar-refractivity contribution in [2.45, 2.75) is 51.9 Å². The molecule has 0 saturated heterocycles. The van der Waals surface area contributed by atoms with Crippen LogP contribution in [0.5, 0.6) is 0 Å². The molecule has 0 aromatic carbocycles. The van der Waals surface area contributed by atoms with Gasteiger partial charge in [-0.25, -0.2) is 0 Å². The summed E-state index contributed by atoms with van der Waals surface area (Å²) in [6.07, 6.45) is 0. The normalized spacial score (nSPS) is 14.9. The molecule has 0 aliphatic heterocycles. The van der Waals surface area contributed by atoms with Crippen molar-refractivity contribution in [3.63, 3.8) is 0 Å². The summed E-state index contributed by atoms with van der Waals surface area (Å²) in [7, 11) is 0. The molecule has 0 aliphatic carbocycles. The largest absolute Gasteiger partial charge is 0.329 e. The van der Waals surface area contributed by atoms with E-state index in [0.717, 1.165) is 72.0 Å². The summed E-state index contributed by atoms with van der Waals surface area (Å²) in [4.78, 5) is 0. The topological polar surface area (TPSA) is 188 Å². The first-order chi connectivity index (χ1) is 15.9. The molecule has 0 aromatic heterocycles. The van der Waals surface area contributed by atoms with Crippen LogP contribution >= 0.6 is 0 Å². The average molecular weight is 478 g/mol. The minimum Gasteiger partial charge on any atom is -0.329 e. The van der Waals surface area contributed by atoms with E-state index in [9.17, 15) is 0 Å². The van der Waals surface area contributed by atoms with Crippen LogP contribution in [-0.2, 0) is 0 Å². The van der Waals surface area contributed by atoms with Crippen LogP contribution in [0.3, 0.4) is 0 Å². The summed E-state index contributed by atoms with van der Waals surface area (Å²) in [5.74, 6) is 0. The van der Waals surface area contributed by atoms with Crippen LogP contribution in [0.1, 0.15) is 27.7 Å². The van der Waals surface area contributed by atoms with Crippen LogP contribution < -0.4 is 60.2 Å². The Hall–Kier alpha value is -0.440. The van der Waals surface area contributed by atoms with Gasteiger partial charge in [0.2, 0.25) is 0 Å². The van der Waals surface area contributed by atoms with E-state index in [-0.39, 0.29) is 6.04 Å². The lowest BCUT2D eigenvalue weighted by Crippen LogP contribution is -2.47. The van der Waals surface area contributed by atoms with Gasteiger partial charge < -0.3 is 60.2 Å². The standard InChI is InChI=1S/C12H31N5.C10H28N6/c1-9(14)6-15-11(3)8-17-12(4)7-16-10(2)5-13;11-1-3-13-5-7-15-9-10-16-8-6-14-4-2-12/h9-12,15-17H,5-8,13-14H2,1-4H3;13-16H,1-12H2. The van der Waals surface area contributed by atoms with E-state index in [1.165, 1.54) is 0 Å². The highest BCUT2D eigenvalue weighted by Crippen LogP contribution is 1.85. The second-order valence-electron chi connectivity index (χ2n) is 8.72. The maximum Gasteiger partial charge on any atom is 0.0164 e. The zero-order chi connectivity index (χ0) is 25.2. The molecular formula is C22H59N11. The lowest BCUT2D eigenvalue weighted by Gasteiger charge is -2.21. The van der Waals surface area contributed by atoms with Gasteiger partial charge in [0.15, 0.2) is 0 Å². The van der Waals surface area contributed by atoms with Crippen LogP contribution in [0.25, 0.3) is 0 Å². The first kappa shape index (κ1) is 34.7. The zero-order valence-electron chi connectivity index (χ0n) is 22.0. The van der Waals surface area contributed by atoms with Crippen molar-refractivity contribution in [2.24, 2.45) is 22.9 Å². The van der Waals surface area contributed by atoms with Gasteiger partial charge in [0.1, 0.15) is 0 Å². The molecule has 0 rings (SSSR count). The number of hydrogen-bond donors (Lipinski definition) is 11. The van der Waals surface area contributed by atoms with Crippen LogP contribution in [0, 0.1) is 0 Å². The summed E-state index contributed by atoms with van der Waals surface area (Å²) in [6, 6.07) is 1.48. The fourth-order valence-corrected chi connectivity index (χ4v) is 2.61. The van der Waals surface area contributed by atoms with Crippen molar-refractivity contribution < 1.29 is 0 Å². The molecule has 4 unspecified atom stereocenters. The van der Waals surface area contributed by atoms with Gasteiger partial charge in [0, 0.05) is 116 Å². The van der Waals surface area contributed by atoms with Crippen LogP contribution in [0.4, 0.5) is 0 Å². The molecule has 0 aliphatic rings. The summed E-state index contributed by atoms with van der Waals surface area (Å²) in [6.45, 7) is 21.0. The van der Waals surface area contributed by atoms with Gasteiger partial charge in [-0.2, -0.15) is 0 Å². The summed E-state index contributed by atoms with van der Waals surface area (Å²) < 4.78 is 0. The van der Waals surface area contributed by atoms with Gasteiger partial charge in [-0.05, 0) is 27.7 Å². The molecule has 33 heavy (non-hydrogen) atoms. The predicted octanol–water partition coefficient (Wildman–Crippen LogP) is -3.51. The molecule has 0 saturated carbocycles. The smallest absolute Gasteiger partial charge is 0.0164 e. The number of nitrogens with two attached hydrogens (primary N) is 4. The van der Waals surface area contributed by atoms with Crippen LogP contribution in [0.15, 0.2) is 0 Å². The van der Waals surface area contributed by atoms with Gasteiger partial charge in [-0.1, -0.05) is 0 Å². The Kier molecular flexibility index (Phi) is 29.3. The maximum atomic E-state index is 5.69. The SMILES string of the molecule is CC(N)CNC(C)CNC(C)CNC(C)CN.NCCNCCNCCNCCNCCN. The lowest BCUT2D eigenvalue weighted by molar-refractivity contribution is 0.424. The van der Waals surface area contributed by atoms with E-state index in [4.69, 9.17) is 22.9 Å². The highest BCUT2D eigenvalue weighted by atomic mass is 15.0. The monoisotopic (exact) mass is 477 g/mol. The van der Waals surface area contributed by atoms with Crippen molar-refractivity contribution in [3.8, 4) is 0 Å². The van der Waals surface area contributed by atoms with Gasteiger partial charge in [-0.15, -0.1) is 0 Å². The minimum absolute atomic E-state index is 0.210. The van der Waals surface area contributed by atoms with Gasteiger partial charge in [0.25, 0.3) is 0 Å². The Labute approximate surface area is 204 Å². The van der Waals surface area contributed by atoms with Crippen molar-refractivity contribution in [1.82, 2.24) is 37.2 Å². The third-order valence-corrected chi connectivity index (χ3v) is 4.76. The van der Waals surface area contributed by atoms with Crippen molar-refractivity contribution in [2.75, 3.05) is 91.6 Å². The maximum absolute atomic E-state index is 5.69. The Morgan fingerprint density at radius 2 is 0.818 bits per heavy atom. The van der Waals surface area contributed by atoms with Gasteiger partial charge in [0.05, 0.1) is 0 Å².